The monoisotopic (exact) mass is 631 g/mol. The van der Waals surface area contributed by atoms with Gasteiger partial charge in [0.2, 0.25) is 0 Å². The van der Waals surface area contributed by atoms with Crippen molar-refractivity contribution in [2.24, 2.45) is 11.8 Å². The van der Waals surface area contributed by atoms with E-state index >= 15 is 0 Å². The molecule has 0 rings (SSSR count). The maximum absolute atomic E-state index is 12.9. The van der Waals surface area contributed by atoms with Gasteiger partial charge in [-0.25, -0.2) is 4.57 Å². The van der Waals surface area contributed by atoms with Crippen molar-refractivity contribution in [1.82, 2.24) is 0 Å². The highest BCUT2D eigenvalue weighted by Gasteiger charge is 2.25. The Hall–Kier alpha value is 0.110. The van der Waals surface area contributed by atoms with Crippen LogP contribution in [0.15, 0.2) is 0 Å². The topological polar surface area (TPSA) is 44.8 Å². The highest BCUT2D eigenvalue weighted by atomic mass is 31.2. The van der Waals surface area contributed by atoms with Gasteiger partial charge in [-0.1, -0.05) is 195 Å². The Morgan fingerprint density at radius 3 is 0.837 bits per heavy atom. The number of unbranched alkanes of at least 4 members (excludes halogenated alkanes) is 24. The van der Waals surface area contributed by atoms with Gasteiger partial charge in [0.05, 0.1) is 19.8 Å². The third-order valence-electron chi connectivity index (χ3n) is 8.64. The van der Waals surface area contributed by atoms with Crippen LogP contribution in [0.5, 0.6) is 0 Å². The van der Waals surface area contributed by atoms with Gasteiger partial charge in [-0.15, -0.1) is 0 Å². The summed E-state index contributed by atoms with van der Waals surface area (Å²) in [4.78, 5) is 0. The van der Waals surface area contributed by atoms with Gasteiger partial charge >= 0.3 is 7.82 Å². The van der Waals surface area contributed by atoms with Gasteiger partial charge in [-0.3, -0.25) is 13.6 Å². The lowest BCUT2D eigenvalue weighted by atomic mass is 10.0. The van der Waals surface area contributed by atoms with Crippen LogP contribution in [0.2, 0.25) is 0 Å². The first kappa shape index (κ1) is 43.1. The molecule has 0 unspecified atom stereocenters. The number of rotatable bonds is 36. The first-order valence-electron chi connectivity index (χ1n) is 19.4. The summed E-state index contributed by atoms with van der Waals surface area (Å²) in [5, 5.41) is 0. The minimum absolute atomic E-state index is 0.355. The highest BCUT2D eigenvalue weighted by molar-refractivity contribution is 7.48. The fourth-order valence-corrected chi connectivity index (χ4v) is 7.07. The van der Waals surface area contributed by atoms with E-state index in [4.69, 9.17) is 13.6 Å². The number of hydrogen-bond donors (Lipinski definition) is 0. The molecule has 5 heteroatoms. The molecule has 0 amide bonds. The van der Waals surface area contributed by atoms with Crippen molar-refractivity contribution in [2.45, 2.75) is 214 Å². The van der Waals surface area contributed by atoms with Crippen LogP contribution in [0.1, 0.15) is 214 Å². The molecule has 0 aromatic carbocycles. The van der Waals surface area contributed by atoms with Crippen LogP contribution >= 0.6 is 7.82 Å². The molecule has 4 nitrogen and oxygen atoms in total. The van der Waals surface area contributed by atoms with Crippen molar-refractivity contribution in [3.8, 4) is 0 Å². The molecule has 0 aromatic rings. The van der Waals surface area contributed by atoms with Gasteiger partial charge < -0.3 is 0 Å². The highest BCUT2D eigenvalue weighted by Crippen LogP contribution is 2.49. The predicted molar refractivity (Wildman–Crippen MR) is 190 cm³/mol. The van der Waals surface area contributed by atoms with Crippen LogP contribution in [0.4, 0.5) is 0 Å². The summed E-state index contributed by atoms with van der Waals surface area (Å²) in [6.45, 7) is 12.4. The maximum Gasteiger partial charge on any atom is 0.474 e. The van der Waals surface area contributed by atoms with Crippen molar-refractivity contribution in [3.05, 3.63) is 0 Å². The van der Waals surface area contributed by atoms with E-state index in [1.54, 1.807) is 0 Å². The van der Waals surface area contributed by atoms with Crippen LogP contribution in [0.3, 0.4) is 0 Å². The summed E-state index contributed by atoms with van der Waals surface area (Å²) in [5.41, 5.74) is 0. The van der Waals surface area contributed by atoms with Crippen molar-refractivity contribution in [2.75, 3.05) is 19.8 Å². The molecule has 0 aliphatic heterocycles. The maximum atomic E-state index is 12.9. The lowest BCUT2D eigenvalue weighted by Crippen LogP contribution is -2.03. The van der Waals surface area contributed by atoms with Crippen LogP contribution in [0, 0.1) is 11.8 Å². The molecule has 0 aliphatic carbocycles. The van der Waals surface area contributed by atoms with E-state index in [-0.39, 0.29) is 0 Å². The minimum atomic E-state index is -3.40. The molecule has 0 N–H and O–H groups in total. The molecule has 0 heterocycles. The van der Waals surface area contributed by atoms with Crippen LogP contribution in [0.25, 0.3) is 0 Å². The van der Waals surface area contributed by atoms with Gasteiger partial charge in [0.15, 0.2) is 0 Å². The van der Waals surface area contributed by atoms with E-state index in [0.717, 1.165) is 37.5 Å². The second kappa shape index (κ2) is 33.5. The van der Waals surface area contributed by atoms with Crippen molar-refractivity contribution in [3.63, 3.8) is 0 Å². The van der Waals surface area contributed by atoms with Crippen LogP contribution < -0.4 is 0 Å². The molecule has 0 aromatic heterocycles. The van der Waals surface area contributed by atoms with Crippen molar-refractivity contribution in [1.29, 1.82) is 0 Å². The first-order chi connectivity index (χ1) is 20.9. The predicted octanol–water partition coefficient (Wildman–Crippen LogP) is 14.4. The molecule has 0 radical (unpaired) electrons. The van der Waals surface area contributed by atoms with Gasteiger partial charge in [-0.2, -0.15) is 0 Å². The molecule has 43 heavy (non-hydrogen) atoms. The molecule has 0 spiro atoms. The number of hydrogen-bond acceptors (Lipinski definition) is 4. The second-order valence-corrected chi connectivity index (χ2v) is 15.8. The molecule has 260 valence electrons. The fraction of sp³-hybridized carbons (Fsp3) is 1.00. The summed E-state index contributed by atoms with van der Waals surface area (Å²) in [7, 11) is -3.40. The largest absolute Gasteiger partial charge is 0.474 e. The molecule has 0 saturated heterocycles. The SMILES string of the molecule is CCOP(=O)(OCCCCCCCCCCCCCCCC(C)C)OCCCCCCCCCCCCCCCC(C)C. The van der Waals surface area contributed by atoms with Crippen LogP contribution in [-0.2, 0) is 18.1 Å². The zero-order valence-corrected chi connectivity index (χ0v) is 31.0. The zero-order valence-electron chi connectivity index (χ0n) is 30.2. The first-order valence-corrected chi connectivity index (χ1v) is 20.9. The number of phosphoric ester groups is 1. The van der Waals surface area contributed by atoms with E-state index in [9.17, 15) is 4.57 Å². The third-order valence-corrected chi connectivity index (χ3v) is 10.2. The van der Waals surface area contributed by atoms with E-state index in [2.05, 4.69) is 27.7 Å². The van der Waals surface area contributed by atoms with Crippen molar-refractivity contribution >= 4 is 7.82 Å². The number of phosphoric acid groups is 1. The quantitative estimate of drug-likeness (QED) is 0.0510. The Bertz CT molecular complexity index is 536. The Morgan fingerprint density at radius 2 is 0.605 bits per heavy atom. The standard InChI is InChI=1S/C38H79O4P/c1-6-40-43(39,41-35-31-27-23-19-15-11-7-9-13-17-21-25-29-33-37(2)3)42-36-32-28-24-20-16-12-8-10-14-18-22-26-30-34-38(4)5/h37-38H,6-36H2,1-5H3. The summed E-state index contributed by atoms with van der Waals surface area (Å²) >= 11 is 0. The van der Waals surface area contributed by atoms with Crippen molar-refractivity contribution < 1.29 is 18.1 Å². The third kappa shape index (κ3) is 34.8. The lowest BCUT2D eigenvalue weighted by molar-refractivity contribution is 0.114. The molecule has 0 aliphatic rings. The average Bonchev–Trinajstić information content (AvgIpc) is 2.96. The average molecular weight is 631 g/mol. The molecule has 0 bridgehead atoms. The summed E-state index contributed by atoms with van der Waals surface area (Å²) in [5.74, 6) is 1.72. The zero-order chi connectivity index (χ0) is 31.7. The second-order valence-electron chi connectivity index (χ2n) is 14.1. The Labute approximate surface area is 271 Å². The van der Waals surface area contributed by atoms with E-state index in [1.165, 1.54) is 154 Å². The molecular formula is C38H79O4P. The van der Waals surface area contributed by atoms with Gasteiger partial charge in [0.1, 0.15) is 0 Å². The molecule has 0 saturated carbocycles. The Kier molecular flexibility index (Phi) is 33.6. The lowest BCUT2D eigenvalue weighted by Gasteiger charge is -2.17. The normalized spacial score (nSPS) is 12.3. The van der Waals surface area contributed by atoms with E-state index in [1.807, 2.05) is 6.92 Å². The smallest absolute Gasteiger partial charge is 0.287 e. The molecular weight excluding hydrogens is 551 g/mol. The summed E-state index contributed by atoms with van der Waals surface area (Å²) in [6.07, 6.45) is 37.2. The Morgan fingerprint density at radius 1 is 0.372 bits per heavy atom. The minimum Gasteiger partial charge on any atom is -0.287 e. The summed E-state index contributed by atoms with van der Waals surface area (Å²) < 4.78 is 29.5. The van der Waals surface area contributed by atoms with Gasteiger partial charge in [0.25, 0.3) is 0 Å². The van der Waals surface area contributed by atoms with E-state index in [0.29, 0.717) is 19.8 Å². The van der Waals surface area contributed by atoms with E-state index < -0.39 is 7.82 Å². The van der Waals surface area contributed by atoms with Crippen LogP contribution in [-0.4, -0.2) is 19.8 Å². The van der Waals surface area contributed by atoms with Gasteiger partial charge in [0, 0.05) is 0 Å². The molecule has 0 atom stereocenters. The fourth-order valence-electron chi connectivity index (χ4n) is 5.82. The Balaban J connectivity index is 3.50. The molecule has 0 fully saturated rings. The summed E-state index contributed by atoms with van der Waals surface area (Å²) in [6, 6.07) is 0. The van der Waals surface area contributed by atoms with Gasteiger partial charge in [-0.05, 0) is 31.6 Å².